The molecular weight excluding hydrogens is 360 g/mol. The molecular formula is C21H26N2O5. The molecule has 1 atom stereocenters. The molecule has 2 N–H and O–H groups in total. The van der Waals surface area contributed by atoms with Crippen LogP contribution in [-0.4, -0.2) is 31.5 Å². The van der Waals surface area contributed by atoms with Crippen molar-refractivity contribution in [3.8, 4) is 11.6 Å². The van der Waals surface area contributed by atoms with E-state index in [1.165, 1.54) is 13.4 Å². The van der Waals surface area contributed by atoms with Gasteiger partial charge in [0, 0.05) is 12.5 Å². The monoisotopic (exact) mass is 386 g/mol. The average Bonchev–Trinajstić information content (AvgIpc) is 3.34. The van der Waals surface area contributed by atoms with Crippen molar-refractivity contribution in [2.24, 2.45) is 0 Å². The molecule has 0 amide bonds. The molecule has 150 valence electrons. The molecule has 2 heterocycles. The largest absolute Gasteiger partial charge is 0.493 e. The van der Waals surface area contributed by atoms with Crippen LogP contribution in [0, 0.1) is 0 Å². The summed E-state index contributed by atoms with van der Waals surface area (Å²) < 4.78 is 21.7. The van der Waals surface area contributed by atoms with Crippen LogP contribution in [0.3, 0.4) is 0 Å². The zero-order chi connectivity index (χ0) is 20.4. The fourth-order valence-corrected chi connectivity index (χ4v) is 2.50. The molecule has 1 aromatic carbocycles. The highest BCUT2D eigenvalue weighted by Crippen LogP contribution is 2.37. The predicted octanol–water partition coefficient (Wildman–Crippen LogP) is 3.50. The number of nitrogens with zero attached hydrogens (tertiary/aromatic N) is 1. The summed E-state index contributed by atoms with van der Waals surface area (Å²) in [6.45, 7) is 4.00. The van der Waals surface area contributed by atoms with Crippen LogP contribution in [0.1, 0.15) is 28.8 Å². The van der Waals surface area contributed by atoms with E-state index in [-0.39, 0.29) is 11.6 Å². The number of hydrogen-bond acceptors (Lipinski definition) is 7. The summed E-state index contributed by atoms with van der Waals surface area (Å²) in [6.07, 6.45) is 2.38. The van der Waals surface area contributed by atoms with Crippen molar-refractivity contribution < 1.29 is 23.5 Å². The van der Waals surface area contributed by atoms with E-state index in [0.29, 0.717) is 30.1 Å². The Balaban J connectivity index is 0.000000878. The summed E-state index contributed by atoms with van der Waals surface area (Å²) in [5.74, 6) is 1.38. The Bertz CT molecular complexity index is 842. The minimum atomic E-state index is -1.13. The van der Waals surface area contributed by atoms with Gasteiger partial charge >= 0.3 is 0 Å². The Morgan fingerprint density at radius 1 is 1.25 bits per heavy atom. The van der Waals surface area contributed by atoms with Crippen molar-refractivity contribution in [1.29, 1.82) is 0 Å². The zero-order valence-corrected chi connectivity index (χ0v) is 16.3. The van der Waals surface area contributed by atoms with Crippen LogP contribution in [0.15, 0.2) is 64.3 Å². The lowest BCUT2D eigenvalue weighted by Gasteiger charge is -2.11. The van der Waals surface area contributed by atoms with Crippen molar-refractivity contribution in [2.75, 3.05) is 21.2 Å². The van der Waals surface area contributed by atoms with Gasteiger partial charge in [0.15, 0.2) is 17.3 Å². The lowest BCUT2D eigenvalue weighted by Crippen LogP contribution is -2.05. The third kappa shape index (κ3) is 5.25. The first-order valence-electron chi connectivity index (χ1n) is 8.80. The van der Waals surface area contributed by atoms with E-state index >= 15 is 0 Å². The van der Waals surface area contributed by atoms with Gasteiger partial charge < -0.3 is 28.8 Å². The van der Waals surface area contributed by atoms with E-state index in [0.717, 1.165) is 5.56 Å². The van der Waals surface area contributed by atoms with Gasteiger partial charge in [-0.3, -0.25) is 0 Å². The van der Waals surface area contributed by atoms with Crippen LogP contribution in [-0.2, 0) is 13.0 Å². The zero-order valence-electron chi connectivity index (χ0n) is 16.3. The minimum absolute atomic E-state index is 0.214. The number of benzene rings is 1. The summed E-state index contributed by atoms with van der Waals surface area (Å²) in [4.78, 5) is 0. The maximum absolute atomic E-state index is 10.8. The van der Waals surface area contributed by atoms with Crippen molar-refractivity contribution in [3.63, 3.8) is 0 Å². The number of methoxy groups -OCH3 is 1. The standard InChI is InChI=1S/C19H19NO5.C2H7N/c1-3-7-14-16(17(21)18-15(22-2)10-11-23-18)19(20-25-14)24-12-13-8-5-4-6-9-13;1-3-2/h3-6,8-11,17,21H,1,7,12H2,2H3;3H,1-2H3. The minimum Gasteiger partial charge on any atom is -0.493 e. The Hall–Kier alpha value is -3.03. The molecule has 0 saturated heterocycles. The first-order chi connectivity index (χ1) is 13.7. The van der Waals surface area contributed by atoms with Gasteiger partial charge in [-0.2, -0.15) is 0 Å². The first kappa shape index (κ1) is 21.3. The molecule has 7 heteroatoms. The highest BCUT2D eigenvalue weighted by molar-refractivity contribution is 5.40. The van der Waals surface area contributed by atoms with Gasteiger partial charge in [-0.1, -0.05) is 36.4 Å². The second-order valence-corrected chi connectivity index (χ2v) is 5.85. The van der Waals surface area contributed by atoms with E-state index < -0.39 is 6.10 Å². The molecule has 2 aromatic heterocycles. The molecule has 0 spiro atoms. The molecule has 0 aliphatic carbocycles. The van der Waals surface area contributed by atoms with Crippen LogP contribution < -0.4 is 14.8 Å². The van der Waals surface area contributed by atoms with E-state index in [9.17, 15) is 5.11 Å². The summed E-state index contributed by atoms with van der Waals surface area (Å²) in [7, 11) is 5.26. The third-order valence-electron chi connectivity index (χ3n) is 3.72. The van der Waals surface area contributed by atoms with Crippen LogP contribution in [0.25, 0.3) is 0 Å². The molecule has 28 heavy (non-hydrogen) atoms. The van der Waals surface area contributed by atoms with Gasteiger partial charge in [-0.25, -0.2) is 0 Å². The summed E-state index contributed by atoms with van der Waals surface area (Å²) in [5, 5.41) is 17.5. The van der Waals surface area contributed by atoms with Crippen molar-refractivity contribution in [2.45, 2.75) is 19.1 Å². The molecule has 7 nitrogen and oxygen atoms in total. The number of allylic oxidation sites excluding steroid dienone is 1. The molecule has 1 unspecified atom stereocenters. The maximum atomic E-state index is 10.8. The number of rotatable bonds is 8. The van der Waals surface area contributed by atoms with Crippen molar-refractivity contribution >= 4 is 0 Å². The van der Waals surface area contributed by atoms with Crippen LogP contribution in [0.5, 0.6) is 11.6 Å². The number of hydrogen-bond donors (Lipinski definition) is 2. The second-order valence-electron chi connectivity index (χ2n) is 5.85. The molecule has 0 bridgehead atoms. The smallest absolute Gasteiger partial charge is 0.261 e. The number of aliphatic hydroxyl groups is 1. The topological polar surface area (TPSA) is 89.9 Å². The number of furan rings is 1. The van der Waals surface area contributed by atoms with Gasteiger partial charge in [0.05, 0.1) is 18.9 Å². The summed E-state index contributed by atoms with van der Waals surface area (Å²) in [6, 6.07) is 11.3. The molecule has 3 aromatic rings. The molecule has 0 saturated carbocycles. The van der Waals surface area contributed by atoms with Gasteiger partial charge in [-0.05, 0) is 24.8 Å². The molecule has 3 rings (SSSR count). The van der Waals surface area contributed by atoms with Gasteiger partial charge in [0.25, 0.3) is 5.88 Å². The fourth-order valence-electron chi connectivity index (χ4n) is 2.50. The van der Waals surface area contributed by atoms with E-state index in [1.54, 1.807) is 12.1 Å². The molecule has 0 aliphatic heterocycles. The number of aliphatic hydroxyl groups excluding tert-OH is 1. The van der Waals surface area contributed by atoms with Crippen molar-refractivity contribution in [3.05, 3.63) is 78.0 Å². The third-order valence-corrected chi connectivity index (χ3v) is 3.72. The molecule has 0 aliphatic rings. The first-order valence-corrected chi connectivity index (χ1v) is 8.80. The second kappa shape index (κ2) is 11.0. The van der Waals surface area contributed by atoms with Gasteiger partial charge in [-0.15, -0.1) is 6.58 Å². The van der Waals surface area contributed by atoms with E-state index in [2.05, 4.69) is 17.1 Å². The highest BCUT2D eigenvalue weighted by atomic mass is 16.5. The Kier molecular flexibility index (Phi) is 8.33. The van der Waals surface area contributed by atoms with Crippen LogP contribution in [0.4, 0.5) is 0 Å². The van der Waals surface area contributed by atoms with Crippen LogP contribution >= 0.6 is 0 Å². The Morgan fingerprint density at radius 3 is 2.61 bits per heavy atom. The average molecular weight is 386 g/mol. The maximum Gasteiger partial charge on any atom is 0.261 e. The molecule has 0 fully saturated rings. The lowest BCUT2D eigenvalue weighted by molar-refractivity contribution is 0.174. The highest BCUT2D eigenvalue weighted by Gasteiger charge is 2.29. The summed E-state index contributed by atoms with van der Waals surface area (Å²) >= 11 is 0. The number of aromatic nitrogens is 1. The summed E-state index contributed by atoms with van der Waals surface area (Å²) in [5.41, 5.74) is 1.39. The van der Waals surface area contributed by atoms with Crippen LogP contribution in [0.2, 0.25) is 0 Å². The van der Waals surface area contributed by atoms with E-state index in [4.69, 9.17) is 18.4 Å². The fraction of sp³-hybridized carbons (Fsp3) is 0.286. The number of ether oxygens (including phenoxy) is 2. The Morgan fingerprint density at radius 2 is 1.96 bits per heavy atom. The SMILES string of the molecule is C=CCc1onc(OCc2ccccc2)c1C(O)c1occc1OC.CNC. The predicted molar refractivity (Wildman–Crippen MR) is 105 cm³/mol. The van der Waals surface area contributed by atoms with E-state index in [1.807, 2.05) is 44.4 Å². The van der Waals surface area contributed by atoms with Gasteiger partial charge in [0.2, 0.25) is 0 Å². The normalized spacial score (nSPS) is 11.3. The Labute approximate surface area is 164 Å². The van der Waals surface area contributed by atoms with Crippen molar-refractivity contribution in [1.82, 2.24) is 10.5 Å². The number of nitrogens with one attached hydrogen (secondary N) is 1. The molecule has 0 radical (unpaired) electrons. The lowest BCUT2D eigenvalue weighted by atomic mass is 10.1. The quantitative estimate of drug-likeness (QED) is 0.573. The van der Waals surface area contributed by atoms with Gasteiger partial charge in [0.1, 0.15) is 12.7 Å².